The molecule has 0 fully saturated rings. The summed E-state index contributed by atoms with van der Waals surface area (Å²) in [5.41, 5.74) is 1.54. The highest BCUT2D eigenvalue weighted by Gasteiger charge is 2.05. The first-order chi connectivity index (χ1) is 6.22. The van der Waals surface area contributed by atoms with E-state index in [0.29, 0.717) is 0 Å². The predicted molar refractivity (Wildman–Crippen MR) is 57.9 cm³/mol. The van der Waals surface area contributed by atoms with E-state index < -0.39 is 0 Å². The molecule has 2 heterocycles. The van der Waals surface area contributed by atoms with Gasteiger partial charge in [-0.2, -0.15) is 0 Å². The molecular formula is C8H8IN3O. The fraction of sp³-hybridized carbons (Fsp3) is 0.250. The van der Waals surface area contributed by atoms with Crippen LogP contribution in [0.25, 0.3) is 5.65 Å². The lowest BCUT2D eigenvalue weighted by molar-refractivity contribution is 0.991. The van der Waals surface area contributed by atoms with Gasteiger partial charge >= 0.3 is 5.69 Å². The van der Waals surface area contributed by atoms with Crippen LogP contribution >= 0.6 is 22.6 Å². The molecule has 0 aliphatic heterocycles. The zero-order valence-electron chi connectivity index (χ0n) is 7.04. The highest BCUT2D eigenvalue weighted by molar-refractivity contribution is 14.1. The zero-order chi connectivity index (χ0) is 9.42. The fourth-order valence-corrected chi connectivity index (χ4v) is 1.72. The maximum atomic E-state index is 11.3. The van der Waals surface area contributed by atoms with Gasteiger partial charge in [0.25, 0.3) is 0 Å². The van der Waals surface area contributed by atoms with Crippen LogP contribution in [-0.2, 0) is 6.42 Å². The first-order valence-corrected chi connectivity index (χ1v) is 5.05. The minimum Gasteiger partial charge on any atom is -0.313 e. The Bertz CT molecular complexity index is 500. The SMILES string of the molecule is CCc1cn2c(=O)[nH]cc(I)c2n1. The van der Waals surface area contributed by atoms with E-state index in [1.807, 2.05) is 6.92 Å². The van der Waals surface area contributed by atoms with Gasteiger partial charge in [0.1, 0.15) is 0 Å². The second-order valence-corrected chi connectivity index (χ2v) is 3.88. The van der Waals surface area contributed by atoms with E-state index in [9.17, 15) is 4.79 Å². The molecule has 5 heteroatoms. The summed E-state index contributed by atoms with van der Waals surface area (Å²) < 4.78 is 2.50. The first-order valence-electron chi connectivity index (χ1n) is 3.97. The molecule has 1 N–H and O–H groups in total. The van der Waals surface area contributed by atoms with Gasteiger partial charge in [0, 0.05) is 12.4 Å². The number of aromatic amines is 1. The van der Waals surface area contributed by atoms with Crippen LogP contribution in [0.3, 0.4) is 0 Å². The monoisotopic (exact) mass is 289 g/mol. The molecule has 0 amide bonds. The maximum Gasteiger partial charge on any atom is 0.331 e. The molecular weight excluding hydrogens is 281 g/mol. The average molecular weight is 289 g/mol. The molecule has 0 atom stereocenters. The molecule has 2 aromatic rings. The van der Waals surface area contributed by atoms with Crippen molar-refractivity contribution in [2.24, 2.45) is 0 Å². The largest absolute Gasteiger partial charge is 0.331 e. The van der Waals surface area contributed by atoms with Gasteiger partial charge in [0.15, 0.2) is 5.65 Å². The van der Waals surface area contributed by atoms with Crippen LogP contribution in [-0.4, -0.2) is 14.4 Å². The summed E-state index contributed by atoms with van der Waals surface area (Å²) in [6.45, 7) is 2.02. The van der Waals surface area contributed by atoms with E-state index >= 15 is 0 Å². The Morgan fingerprint density at radius 2 is 2.46 bits per heavy atom. The number of nitrogens with one attached hydrogen (secondary N) is 1. The molecule has 0 saturated heterocycles. The Hall–Kier alpha value is -0.850. The van der Waals surface area contributed by atoms with Crippen LogP contribution in [0.15, 0.2) is 17.2 Å². The van der Waals surface area contributed by atoms with Crippen molar-refractivity contribution in [1.82, 2.24) is 14.4 Å². The van der Waals surface area contributed by atoms with Crippen molar-refractivity contribution in [3.05, 3.63) is 32.1 Å². The van der Waals surface area contributed by atoms with E-state index in [0.717, 1.165) is 21.3 Å². The van der Waals surface area contributed by atoms with Crippen LogP contribution in [0, 0.1) is 3.57 Å². The Morgan fingerprint density at radius 1 is 1.69 bits per heavy atom. The Morgan fingerprint density at radius 3 is 3.08 bits per heavy atom. The number of halogens is 1. The quantitative estimate of drug-likeness (QED) is 0.802. The third-order valence-corrected chi connectivity index (χ3v) is 2.67. The molecule has 0 saturated carbocycles. The number of H-pyrrole nitrogens is 1. The molecule has 2 rings (SSSR count). The van der Waals surface area contributed by atoms with Crippen molar-refractivity contribution in [2.45, 2.75) is 13.3 Å². The second-order valence-electron chi connectivity index (χ2n) is 2.72. The number of nitrogens with zero attached hydrogens (tertiary/aromatic N) is 2. The van der Waals surface area contributed by atoms with E-state index in [1.54, 1.807) is 16.8 Å². The molecule has 13 heavy (non-hydrogen) atoms. The van der Waals surface area contributed by atoms with Gasteiger partial charge in [0.2, 0.25) is 0 Å². The summed E-state index contributed by atoms with van der Waals surface area (Å²) in [5.74, 6) is 0. The molecule has 0 aliphatic carbocycles. The summed E-state index contributed by atoms with van der Waals surface area (Å²) in [6.07, 6.45) is 4.29. The highest BCUT2D eigenvalue weighted by Crippen LogP contribution is 2.09. The van der Waals surface area contributed by atoms with Gasteiger partial charge in [-0.1, -0.05) is 6.92 Å². The van der Waals surface area contributed by atoms with Crippen LogP contribution in [0.1, 0.15) is 12.6 Å². The molecule has 0 unspecified atom stereocenters. The average Bonchev–Trinajstić information content (AvgIpc) is 2.56. The molecule has 0 bridgehead atoms. The number of aromatic nitrogens is 3. The van der Waals surface area contributed by atoms with Crippen LogP contribution in [0.4, 0.5) is 0 Å². The van der Waals surface area contributed by atoms with E-state index in [1.165, 1.54) is 0 Å². The Balaban J connectivity index is 2.88. The standard InChI is InChI=1S/C8H8IN3O/c1-2-5-4-12-7(11-5)6(9)3-10-8(12)13/h3-4H,2H2,1H3,(H,10,13). The number of imidazole rings is 1. The smallest absolute Gasteiger partial charge is 0.313 e. The zero-order valence-corrected chi connectivity index (χ0v) is 9.20. The normalized spacial score (nSPS) is 10.9. The first kappa shape index (κ1) is 8.74. The van der Waals surface area contributed by atoms with Gasteiger partial charge in [0.05, 0.1) is 9.26 Å². The summed E-state index contributed by atoms with van der Waals surface area (Å²) in [5, 5.41) is 0. The van der Waals surface area contributed by atoms with E-state index in [4.69, 9.17) is 0 Å². The Kier molecular flexibility index (Phi) is 2.10. The number of hydrogen-bond acceptors (Lipinski definition) is 2. The second kappa shape index (κ2) is 3.13. The van der Waals surface area contributed by atoms with Gasteiger partial charge in [-0.3, -0.25) is 4.40 Å². The van der Waals surface area contributed by atoms with Gasteiger partial charge in [-0.25, -0.2) is 9.78 Å². The molecule has 0 aromatic carbocycles. The molecule has 0 radical (unpaired) electrons. The number of hydrogen-bond donors (Lipinski definition) is 1. The summed E-state index contributed by atoms with van der Waals surface area (Å²) >= 11 is 2.15. The third kappa shape index (κ3) is 1.37. The topological polar surface area (TPSA) is 50.2 Å². The van der Waals surface area contributed by atoms with Gasteiger partial charge in [-0.15, -0.1) is 0 Å². The molecule has 4 nitrogen and oxygen atoms in total. The maximum absolute atomic E-state index is 11.3. The van der Waals surface area contributed by atoms with Crippen LogP contribution in [0.2, 0.25) is 0 Å². The third-order valence-electron chi connectivity index (χ3n) is 1.87. The minimum absolute atomic E-state index is 0.136. The lowest BCUT2D eigenvalue weighted by atomic mass is 10.4. The van der Waals surface area contributed by atoms with Crippen molar-refractivity contribution >= 4 is 28.2 Å². The number of fused-ring (bicyclic) bond motifs is 1. The van der Waals surface area contributed by atoms with Crippen molar-refractivity contribution in [1.29, 1.82) is 0 Å². The lowest BCUT2D eigenvalue weighted by Gasteiger charge is -1.92. The molecule has 2 aromatic heterocycles. The number of aryl methyl sites for hydroxylation is 1. The van der Waals surface area contributed by atoms with E-state index in [2.05, 4.69) is 32.6 Å². The van der Waals surface area contributed by atoms with Crippen molar-refractivity contribution in [3.63, 3.8) is 0 Å². The van der Waals surface area contributed by atoms with Crippen molar-refractivity contribution < 1.29 is 0 Å². The van der Waals surface area contributed by atoms with Crippen LogP contribution < -0.4 is 5.69 Å². The van der Waals surface area contributed by atoms with Gasteiger partial charge < -0.3 is 4.98 Å². The highest BCUT2D eigenvalue weighted by atomic mass is 127. The van der Waals surface area contributed by atoms with E-state index in [-0.39, 0.29) is 5.69 Å². The fourth-order valence-electron chi connectivity index (χ4n) is 1.18. The molecule has 0 aliphatic rings. The summed E-state index contributed by atoms with van der Waals surface area (Å²) in [7, 11) is 0. The molecule has 0 spiro atoms. The lowest BCUT2D eigenvalue weighted by Crippen LogP contribution is -2.15. The summed E-state index contributed by atoms with van der Waals surface area (Å²) in [4.78, 5) is 18.3. The summed E-state index contributed by atoms with van der Waals surface area (Å²) in [6, 6.07) is 0. The Labute approximate surface area is 88.1 Å². The van der Waals surface area contributed by atoms with Crippen molar-refractivity contribution in [2.75, 3.05) is 0 Å². The molecule has 68 valence electrons. The minimum atomic E-state index is -0.136. The van der Waals surface area contributed by atoms with Crippen molar-refractivity contribution in [3.8, 4) is 0 Å². The van der Waals surface area contributed by atoms with Crippen LogP contribution in [0.5, 0.6) is 0 Å². The predicted octanol–water partition coefficient (Wildman–Crippen LogP) is 1.19. The number of rotatable bonds is 1. The van der Waals surface area contributed by atoms with Gasteiger partial charge in [-0.05, 0) is 29.0 Å².